The highest BCUT2D eigenvalue weighted by atomic mass is 35.5. The molecule has 0 aliphatic heterocycles. The summed E-state index contributed by atoms with van der Waals surface area (Å²) in [6.07, 6.45) is 1.41. The Kier molecular flexibility index (Phi) is 2.19. The van der Waals surface area contributed by atoms with Crippen molar-refractivity contribution in [1.82, 2.24) is 9.97 Å². The van der Waals surface area contributed by atoms with Gasteiger partial charge in [0.05, 0.1) is 5.69 Å². The van der Waals surface area contributed by atoms with E-state index in [9.17, 15) is 0 Å². The summed E-state index contributed by atoms with van der Waals surface area (Å²) in [5, 5.41) is 0.482. The van der Waals surface area contributed by atoms with E-state index in [1.54, 1.807) is 0 Å². The molecule has 0 saturated carbocycles. The molecule has 1 heterocycles. The van der Waals surface area contributed by atoms with Crippen LogP contribution in [-0.2, 0) is 6.54 Å². The molecule has 0 saturated heterocycles. The number of nitrogens with two attached hydrogens (primary N) is 1. The Bertz CT molecular complexity index is 236. The quantitative estimate of drug-likeness (QED) is 0.617. The fraction of sp³-hybridized carbons (Fsp3) is 0.333. The number of halogens is 1. The third-order valence-corrected chi connectivity index (χ3v) is 1.70. The van der Waals surface area contributed by atoms with Crippen LogP contribution >= 0.6 is 11.6 Å². The third-order valence-electron chi connectivity index (χ3n) is 1.32. The van der Waals surface area contributed by atoms with Gasteiger partial charge < -0.3 is 5.73 Å². The smallest absolute Gasteiger partial charge is 0.135 e. The molecule has 0 aliphatic carbocycles. The van der Waals surface area contributed by atoms with Gasteiger partial charge in [-0.05, 0) is 6.92 Å². The number of hydrogen-bond donors (Lipinski definition) is 1. The molecule has 1 aromatic rings. The summed E-state index contributed by atoms with van der Waals surface area (Å²) in [5.41, 5.74) is 7.04. The summed E-state index contributed by atoms with van der Waals surface area (Å²) in [5.74, 6) is 0. The zero-order chi connectivity index (χ0) is 7.56. The fourth-order valence-electron chi connectivity index (χ4n) is 0.668. The summed E-state index contributed by atoms with van der Waals surface area (Å²) < 4.78 is 0. The number of hydrogen-bond acceptors (Lipinski definition) is 3. The molecule has 10 heavy (non-hydrogen) atoms. The van der Waals surface area contributed by atoms with Gasteiger partial charge in [-0.1, -0.05) is 11.6 Å². The highest BCUT2D eigenvalue weighted by molar-refractivity contribution is 6.30. The standard InChI is InChI=1S/C6H8ClN3/c1-4-5(2-8)9-3-10-6(4)7/h3H,2,8H2,1H3. The summed E-state index contributed by atoms with van der Waals surface area (Å²) in [6.45, 7) is 2.26. The monoisotopic (exact) mass is 157 g/mol. The van der Waals surface area contributed by atoms with Crippen LogP contribution in [0, 0.1) is 6.92 Å². The average Bonchev–Trinajstić information content (AvgIpc) is 1.95. The Morgan fingerprint density at radius 2 is 2.30 bits per heavy atom. The minimum atomic E-state index is 0.411. The van der Waals surface area contributed by atoms with Crippen LogP contribution in [0.3, 0.4) is 0 Å². The van der Waals surface area contributed by atoms with Gasteiger partial charge in [0.15, 0.2) is 0 Å². The molecule has 2 N–H and O–H groups in total. The predicted octanol–water partition coefficient (Wildman–Crippen LogP) is 0.897. The van der Waals surface area contributed by atoms with E-state index in [1.165, 1.54) is 6.33 Å². The highest BCUT2D eigenvalue weighted by Gasteiger charge is 2.00. The maximum Gasteiger partial charge on any atom is 0.135 e. The Balaban J connectivity index is 3.14. The highest BCUT2D eigenvalue weighted by Crippen LogP contribution is 2.12. The van der Waals surface area contributed by atoms with E-state index in [4.69, 9.17) is 17.3 Å². The molecule has 0 spiro atoms. The van der Waals surface area contributed by atoms with Gasteiger partial charge in [0.25, 0.3) is 0 Å². The van der Waals surface area contributed by atoms with E-state index in [0.29, 0.717) is 11.7 Å². The lowest BCUT2D eigenvalue weighted by molar-refractivity contribution is 0.940. The lowest BCUT2D eigenvalue weighted by atomic mass is 10.2. The van der Waals surface area contributed by atoms with Crippen LogP contribution in [0.2, 0.25) is 5.15 Å². The van der Waals surface area contributed by atoms with Crippen LogP contribution in [0.25, 0.3) is 0 Å². The molecule has 3 nitrogen and oxygen atoms in total. The van der Waals surface area contributed by atoms with E-state index >= 15 is 0 Å². The van der Waals surface area contributed by atoms with Crippen molar-refractivity contribution in [3.63, 3.8) is 0 Å². The fourth-order valence-corrected chi connectivity index (χ4v) is 0.820. The minimum absolute atomic E-state index is 0.411. The van der Waals surface area contributed by atoms with Gasteiger partial charge in [0.2, 0.25) is 0 Å². The molecule has 0 radical (unpaired) electrons. The Labute approximate surface area is 64.2 Å². The largest absolute Gasteiger partial charge is 0.325 e. The molecule has 0 fully saturated rings. The first-order chi connectivity index (χ1) is 4.75. The molecule has 4 heteroatoms. The van der Waals surface area contributed by atoms with E-state index < -0.39 is 0 Å². The summed E-state index contributed by atoms with van der Waals surface area (Å²) >= 11 is 5.69. The van der Waals surface area contributed by atoms with Crippen LogP contribution in [-0.4, -0.2) is 9.97 Å². The first-order valence-electron chi connectivity index (χ1n) is 2.91. The summed E-state index contributed by atoms with van der Waals surface area (Å²) in [7, 11) is 0. The van der Waals surface area contributed by atoms with E-state index in [1.807, 2.05) is 6.92 Å². The Hall–Kier alpha value is -0.670. The Morgan fingerprint density at radius 3 is 2.80 bits per heavy atom. The first kappa shape index (κ1) is 7.44. The van der Waals surface area contributed by atoms with Crippen molar-refractivity contribution >= 4 is 11.6 Å². The molecule has 54 valence electrons. The van der Waals surface area contributed by atoms with Crippen LogP contribution in [0.15, 0.2) is 6.33 Å². The van der Waals surface area contributed by atoms with E-state index in [0.717, 1.165) is 11.3 Å². The van der Waals surface area contributed by atoms with Gasteiger partial charge >= 0.3 is 0 Å². The zero-order valence-electron chi connectivity index (χ0n) is 5.63. The lowest BCUT2D eigenvalue weighted by Gasteiger charge is -2.00. The molecule has 0 bridgehead atoms. The summed E-state index contributed by atoms with van der Waals surface area (Å²) in [6, 6.07) is 0. The second-order valence-corrected chi connectivity index (χ2v) is 2.30. The van der Waals surface area contributed by atoms with Crippen molar-refractivity contribution in [2.45, 2.75) is 13.5 Å². The van der Waals surface area contributed by atoms with Crippen molar-refractivity contribution in [2.75, 3.05) is 0 Å². The van der Waals surface area contributed by atoms with Gasteiger partial charge in [-0.2, -0.15) is 0 Å². The SMILES string of the molecule is Cc1c(Cl)ncnc1CN. The third kappa shape index (κ3) is 1.25. The second-order valence-electron chi connectivity index (χ2n) is 1.94. The molecule has 0 aliphatic rings. The van der Waals surface area contributed by atoms with E-state index in [2.05, 4.69) is 9.97 Å². The van der Waals surface area contributed by atoms with Gasteiger partial charge in [-0.3, -0.25) is 0 Å². The molecule has 1 aromatic heterocycles. The van der Waals surface area contributed by atoms with E-state index in [-0.39, 0.29) is 0 Å². The van der Waals surface area contributed by atoms with Crippen LogP contribution < -0.4 is 5.73 Å². The topological polar surface area (TPSA) is 51.8 Å². The summed E-state index contributed by atoms with van der Waals surface area (Å²) in [4.78, 5) is 7.72. The van der Waals surface area contributed by atoms with Crippen molar-refractivity contribution < 1.29 is 0 Å². The van der Waals surface area contributed by atoms with Crippen LogP contribution in [0.5, 0.6) is 0 Å². The number of rotatable bonds is 1. The second kappa shape index (κ2) is 2.94. The van der Waals surface area contributed by atoms with Gasteiger partial charge in [-0.25, -0.2) is 9.97 Å². The maximum absolute atomic E-state index is 5.69. The zero-order valence-corrected chi connectivity index (χ0v) is 6.39. The average molecular weight is 158 g/mol. The molecule has 0 amide bonds. The normalized spacial score (nSPS) is 9.90. The van der Waals surface area contributed by atoms with Gasteiger partial charge in [0, 0.05) is 12.1 Å². The Morgan fingerprint density at radius 1 is 1.60 bits per heavy atom. The van der Waals surface area contributed by atoms with Crippen LogP contribution in [0.4, 0.5) is 0 Å². The van der Waals surface area contributed by atoms with Crippen molar-refractivity contribution in [1.29, 1.82) is 0 Å². The van der Waals surface area contributed by atoms with Crippen molar-refractivity contribution in [2.24, 2.45) is 5.73 Å². The van der Waals surface area contributed by atoms with Crippen LogP contribution in [0.1, 0.15) is 11.3 Å². The minimum Gasteiger partial charge on any atom is -0.325 e. The predicted molar refractivity (Wildman–Crippen MR) is 39.7 cm³/mol. The number of aromatic nitrogens is 2. The maximum atomic E-state index is 5.69. The first-order valence-corrected chi connectivity index (χ1v) is 3.29. The molecule has 0 unspecified atom stereocenters. The van der Waals surface area contributed by atoms with Crippen molar-refractivity contribution in [3.05, 3.63) is 22.7 Å². The van der Waals surface area contributed by atoms with Gasteiger partial charge in [-0.15, -0.1) is 0 Å². The molecule has 0 aromatic carbocycles. The van der Waals surface area contributed by atoms with Gasteiger partial charge in [0.1, 0.15) is 11.5 Å². The molecular formula is C6H8ClN3. The number of nitrogens with zero attached hydrogens (tertiary/aromatic N) is 2. The molecule has 1 rings (SSSR count). The lowest BCUT2D eigenvalue weighted by Crippen LogP contribution is -2.03. The molecule has 0 atom stereocenters. The molecular weight excluding hydrogens is 150 g/mol. The van der Waals surface area contributed by atoms with Crippen molar-refractivity contribution in [3.8, 4) is 0 Å².